The molecule has 0 saturated carbocycles. The quantitative estimate of drug-likeness (QED) is 0.508. The number of hydrogen-bond acceptors (Lipinski definition) is 4. The van der Waals surface area contributed by atoms with E-state index in [1.165, 1.54) is 0 Å². The maximum Gasteiger partial charge on any atom is 0.128 e. The van der Waals surface area contributed by atoms with E-state index >= 15 is 0 Å². The summed E-state index contributed by atoms with van der Waals surface area (Å²) in [5.41, 5.74) is 5.08. The Morgan fingerprint density at radius 1 is 0.917 bits per heavy atom. The zero-order chi connectivity index (χ0) is 16.5. The standard InChI is InChI=1S/C20H16N2OS/c1-13-11-16(14-7-3-5-9-17(14)21-13)20-22-18(12-24-20)15-8-4-6-10-19(15)23-2/h3-12H,1-2H3. The molecule has 4 heteroatoms. The summed E-state index contributed by atoms with van der Waals surface area (Å²) in [5.74, 6) is 0.838. The topological polar surface area (TPSA) is 35.0 Å². The van der Waals surface area contributed by atoms with Gasteiger partial charge in [-0.25, -0.2) is 4.98 Å². The van der Waals surface area contributed by atoms with Crippen LogP contribution in [0.1, 0.15) is 5.69 Å². The van der Waals surface area contributed by atoms with Gasteiger partial charge in [0.2, 0.25) is 0 Å². The predicted octanol–water partition coefficient (Wildman–Crippen LogP) is 5.34. The molecule has 0 unspecified atom stereocenters. The number of pyridine rings is 1. The van der Waals surface area contributed by atoms with Gasteiger partial charge in [-0.15, -0.1) is 11.3 Å². The molecule has 3 nitrogen and oxygen atoms in total. The summed E-state index contributed by atoms with van der Waals surface area (Å²) in [6.07, 6.45) is 0. The van der Waals surface area contributed by atoms with E-state index in [4.69, 9.17) is 9.72 Å². The van der Waals surface area contributed by atoms with Crippen LogP contribution < -0.4 is 4.74 Å². The van der Waals surface area contributed by atoms with E-state index in [1.54, 1.807) is 18.4 Å². The highest BCUT2D eigenvalue weighted by molar-refractivity contribution is 7.13. The van der Waals surface area contributed by atoms with Crippen LogP contribution in [-0.2, 0) is 0 Å². The fraction of sp³-hybridized carbons (Fsp3) is 0.100. The molecule has 0 radical (unpaired) electrons. The molecule has 0 atom stereocenters. The summed E-state index contributed by atoms with van der Waals surface area (Å²) < 4.78 is 5.46. The fourth-order valence-corrected chi connectivity index (χ4v) is 3.71. The van der Waals surface area contributed by atoms with Crippen molar-refractivity contribution in [3.63, 3.8) is 0 Å². The molecule has 0 amide bonds. The molecule has 0 spiro atoms. The van der Waals surface area contributed by atoms with E-state index in [2.05, 4.69) is 22.5 Å². The molecule has 4 aromatic rings. The summed E-state index contributed by atoms with van der Waals surface area (Å²) in [4.78, 5) is 9.47. The summed E-state index contributed by atoms with van der Waals surface area (Å²) in [7, 11) is 1.69. The number of nitrogens with zero attached hydrogens (tertiary/aromatic N) is 2. The van der Waals surface area contributed by atoms with Gasteiger partial charge in [-0.05, 0) is 31.2 Å². The van der Waals surface area contributed by atoms with Crippen molar-refractivity contribution in [2.45, 2.75) is 6.92 Å². The largest absolute Gasteiger partial charge is 0.496 e. The van der Waals surface area contributed by atoms with Gasteiger partial charge in [0.25, 0.3) is 0 Å². The van der Waals surface area contributed by atoms with Crippen molar-refractivity contribution in [1.82, 2.24) is 9.97 Å². The lowest BCUT2D eigenvalue weighted by atomic mass is 10.1. The molecule has 4 rings (SSSR count). The molecule has 0 aliphatic rings. The Morgan fingerprint density at radius 3 is 2.58 bits per heavy atom. The summed E-state index contributed by atoms with van der Waals surface area (Å²) in [6.45, 7) is 2.02. The van der Waals surface area contributed by atoms with E-state index in [9.17, 15) is 0 Å². The van der Waals surface area contributed by atoms with Crippen LogP contribution in [0.15, 0.2) is 60.0 Å². The highest BCUT2D eigenvalue weighted by atomic mass is 32.1. The molecule has 0 saturated heterocycles. The zero-order valence-corrected chi connectivity index (χ0v) is 14.3. The third-order valence-corrected chi connectivity index (χ3v) is 4.84. The zero-order valence-electron chi connectivity index (χ0n) is 13.5. The first kappa shape index (κ1) is 14.8. The summed E-state index contributed by atoms with van der Waals surface area (Å²) >= 11 is 1.65. The van der Waals surface area contributed by atoms with Crippen LogP contribution >= 0.6 is 11.3 Å². The molecule has 0 aliphatic heterocycles. The van der Waals surface area contributed by atoms with E-state index in [0.717, 1.165) is 44.2 Å². The van der Waals surface area contributed by atoms with Gasteiger partial charge in [0.1, 0.15) is 10.8 Å². The number of hydrogen-bond donors (Lipinski definition) is 0. The van der Waals surface area contributed by atoms with Crippen LogP contribution in [-0.4, -0.2) is 17.1 Å². The molecule has 2 aromatic heterocycles. The van der Waals surface area contributed by atoms with Crippen molar-refractivity contribution >= 4 is 22.2 Å². The molecule has 0 N–H and O–H groups in total. The average Bonchev–Trinajstić information content (AvgIpc) is 3.10. The number of benzene rings is 2. The van der Waals surface area contributed by atoms with Gasteiger partial charge in [-0.2, -0.15) is 0 Å². The van der Waals surface area contributed by atoms with Crippen molar-refractivity contribution in [2.75, 3.05) is 7.11 Å². The van der Waals surface area contributed by atoms with Crippen molar-refractivity contribution < 1.29 is 4.74 Å². The molecular weight excluding hydrogens is 316 g/mol. The molecular formula is C20H16N2OS. The highest BCUT2D eigenvalue weighted by Crippen LogP contribution is 2.36. The van der Waals surface area contributed by atoms with E-state index < -0.39 is 0 Å². The third-order valence-electron chi connectivity index (χ3n) is 3.96. The van der Waals surface area contributed by atoms with Crippen molar-refractivity contribution in [2.24, 2.45) is 0 Å². The first-order valence-electron chi connectivity index (χ1n) is 7.72. The number of rotatable bonds is 3. The van der Waals surface area contributed by atoms with Crippen LogP contribution in [0.25, 0.3) is 32.7 Å². The van der Waals surface area contributed by atoms with E-state index in [1.807, 2.05) is 49.4 Å². The molecule has 2 aromatic carbocycles. The number of methoxy groups -OCH3 is 1. The van der Waals surface area contributed by atoms with Crippen LogP contribution in [0.4, 0.5) is 0 Å². The fourth-order valence-electron chi connectivity index (χ4n) is 2.86. The average molecular weight is 332 g/mol. The Morgan fingerprint density at radius 2 is 1.71 bits per heavy atom. The third kappa shape index (κ3) is 2.55. The van der Waals surface area contributed by atoms with E-state index in [-0.39, 0.29) is 0 Å². The van der Waals surface area contributed by atoms with Gasteiger partial charge in [0.05, 0.1) is 18.3 Å². The minimum Gasteiger partial charge on any atom is -0.496 e. The first-order chi connectivity index (χ1) is 11.8. The van der Waals surface area contributed by atoms with Crippen LogP contribution in [0.2, 0.25) is 0 Å². The second-order valence-electron chi connectivity index (χ2n) is 5.57. The maximum absolute atomic E-state index is 5.46. The monoisotopic (exact) mass is 332 g/mol. The van der Waals surface area contributed by atoms with Crippen LogP contribution in [0.3, 0.4) is 0 Å². The molecule has 0 bridgehead atoms. The first-order valence-corrected chi connectivity index (χ1v) is 8.60. The van der Waals surface area contributed by atoms with Crippen molar-refractivity contribution in [3.8, 4) is 27.6 Å². The normalized spacial score (nSPS) is 10.9. The molecule has 24 heavy (non-hydrogen) atoms. The predicted molar refractivity (Wildman–Crippen MR) is 99.6 cm³/mol. The number of ether oxygens (including phenoxy) is 1. The van der Waals surface area contributed by atoms with Crippen molar-refractivity contribution in [3.05, 3.63) is 65.7 Å². The maximum atomic E-state index is 5.46. The lowest BCUT2D eigenvalue weighted by Crippen LogP contribution is -1.89. The summed E-state index contributed by atoms with van der Waals surface area (Å²) in [6, 6.07) is 18.3. The Bertz CT molecular complexity index is 1020. The Balaban J connectivity index is 1.87. The van der Waals surface area contributed by atoms with Crippen molar-refractivity contribution in [1.29, 1.82) is 0 Å². The molecule has 0 aliphatic carbocycles. The molecule has 0 fully saturated rings. The second-order valence-corrected chi connectivity index (χ2v) is 6.42. The Hall–Kier alpha value is -2.72. The van der Waals surface area contributed by atoms with Gasteiger partial charge in [-0.3, -0.25) is 4.98 Å². The lowest BCUT2D eigenvalue weighted by molar-refractivity contribution is 0.416. The van der Waals surface area contributed by atoms with Gasteiger partial charge in [0, 0.05) is 27.6 Å². The summed E-state index contributed by atoms with van der Waals surface area (Å²) in [5, 5.41) is 4.21. The van der Waals surface area contributed by atoms with Gasteiger partial charge in [0.15, 0.2) is 0 Å². The smallest absolute Gasteiger partial charge is 0.128 e. The number of thiazole rings is 1. The number of aromatic nitrogens is 2. The lowest BCUT2D eigenvalue weighted by Gasteiger charge is -2.06. The minimum atomic E-state index is 0.838. The SMILES string of the molecule is COc1ccccc1-c1csc(-c2cc(C)nc3ccccc23)n1. The minimum absolute atomic E-state index is 0.838. The van der Waals surface area contributed by atoms with Gasteiger partial charge >= 0.3 is 0 Å². The second kappa shape index (κ2) is 6.06. The highest BCUT2D eigenvalue weighted by Gasteiger charge is 2.13. The Labute approximate surface area is 144 Å². The number of aryl methyl sites for hydroxylation is 1. The molecule has 2 heterocycles. The van der Waals surface area contributed by atoms with Gasteiger partial charge in [-0.1, -0.05) is 30.3 Å². The number of para-hydroxylation sites is 2. The Kier molecular flexibility index (Phi) is 3.75. The number of fused-ring (bicyclic) bond motifs is 1. The van der Waals surface area contributed by atoms with Gasteiger partial charge < -0.3 is 4.74 Å². The van der Waals surface area contributed by atoms with Crippen LogP contribution in [0.5, 0.6) is 5.75 Å². The van der Waals surface area contributed by atoms with Crippen LogP contribution in [0, 0.1) is 6.92 Å². The molecule has 118 valence electrons. The van der Waals surface area contributed by atoms with E-state index in [0.29, 0.717) is 0 Å².